The Labute approximate surface area is 122 Å². The molecule has 1 unspecified atom stereocenters. The highest BCUT2D eigenvalue weighted by Crippen LogP contribution is 2.21. The van der Waals surface area contributed by atoms with Gasteiger partial charge in [0.05, 0.1) is 19.3 Å². The van der Waals surface area contributed by atoms with Gasteiger partial charge < -0.3 is 9.47 Å². The first-order valence-electron chi connectivity index (χ1n) is 6.05. The standard InChI is InChI=1S/C14H20BrNO3/c1-10(9-18-3)16(2)8-12-6-5-11(7-13(12)15)14(17)19-4/h5-7,10H,8-9H2,1-4H3. The maximum Gasteiger partial charge on any atom is 0.337 e. The molecule has 5 heteroatoms. The van der Waals surface area contributed by atoms with Crippen LogP contribution in [0.25, 0.3) is 0 Å². The summed E-state index contributed by atoms with van der Waals surface area (Å²) in [7, 11) is 5.13. The number of benzene rings is 1. The number of methoxy groups -OCH3 is 2. The van der Waals surface area contributed by atoms with Crippen LogP contribution in [0.4, 0.5) is 0 Å². The van der Waals surface area contributed by atoms with Crippen molar-refractivity contribution in [2.24, 2.45) is 0 Å². The third-order valence-corrected chi connectivity index (χ3v) is 3.79. The largest absolute Gasteiger partial charge is 0.465 e. The Morgan fingerprint density at radius 3 is 2.63 bits per heavy atom. The van der Waals surface area contributed by atoms with Crippen molar-refractivity contribution >= 4 is 21.9 Å². The second-order valence-corrected chi connectivity index (χ2v) is 5.37. The number of nitrogens with zero attached hydrogens (tertiary/aromatic N) is 1. The second kappa shape index (κ2) is 7.62. The quantitative estimate of drug-likeness (QED) is 0.752. The minimum absolute atomic E-state index is 0.326. The Morgan fingerprint density at radius 1 is 1.42 bits per heavy atom. The van der Waals surface area contributed by atoms with Gasteiger partial charge in [-0.2, -0.15) is 0 Å². The molecule has 0 aliphatic heterocycles. The van der Waals surface area contributed by atoms with Crippen LogP contribution in [-0.4, -0.2) is 44.8 Å². The zero-order valence-corrected chi connectivity index (χ0v) is 13.4. The summed E-state index contributed by atoms with van der Waals surface area (Å²) in [5, 5.41) is 0. The van der Waals surface area contributed by atoms with Gasteiger partial charge in [-0.1, -0.05) is 22.0 Å². The molecule has 1 aromatic rings. The highest BCUT2D eigenvalue weighted by molar-refractivity contribution is 9.10. The predicted molar refractivity (Wildman–Crippen MR) is 78.3 cm³/mol. The summed E-state index contributed by atoms with van der Waals surface area (Å²) < 4.78 is 10.7. The van der Waals surface area contributed by atoms with Crippen molar-refractivity contribution < 1.29 is 14.3 Å². The van der Waals surface area contributed by atoms with E-state index in [4.69, 9.17) is 9.47 Å². The molecule has 0 bridgehead atoms. The van der Waals surface area contributed by atoms with Crippen LogP contribution in [0.2, 0.25) is 0 Å². The van der Waals surface area contributed by atoms with Gasteiger partial charge in [-0.3, -0.25) is 4.90 Å². The summed E-state index contributed by atoms with van der Waals surface area (Å²) in [6.07, 6.45) is 0. The van der Waals surface area contributed by atoms with Crippen LogP contribution in [-0.2, 0) is 16.0 Å². The van der Waals surface area contributed by atoms with Gasteiger partial charge in [0.1, 0.15) is 0 Å². The van der Waals surface area contributed by atoms with Crippen LogP contribution in [0, 0.1) is 0 Å². The molecule has 0 aliphatic carbocycles. The number of hydrogen-bond donors (Lipinski definition) is 0. The lowest BCUT2D eigenvalue weighted by Crippen LogP contribution is -2.32. The number of hydrogen-bond acceptors (Lipinski definition) is 4. The van der Waals surface area contributed by atoms with Crippen molar-refractivity contribution in [3.63, 3.8) is 0 Å². The number of rotatable bonds is 6. The molecule has 0 aromatic heterocycles. The van der Waals surface area contributed by atoms with Gasteiger partial charge >= 0.3 is 5.97 Å². The Kier molecular flexibility index (Phi) is 6.48. The number of carbonyl (C=O) groups is 1. The zero-order chi connectivity index (χ0) is 14.4. The molecule has 4 nitrogen and oxygen atoms in total. The second-order valence-electron chi connectivity index (χ2n) is 4.52. The maximum atomic E-state index is 11.4. The van der Waals surface area contributed by atoms with E-state index in [1.807, 2.05) is 13.1 Å². The number of halogens is 1. The first kappa shape index (κ1) is 16.1. The number of likely N-dealkylation sites (N-methyl/N-ethyl adjacent to an activating group) is 1. The van der Waals surface area contributed by atoms with Crippen molar-refractivity contribution in [3.8, 4) is 0 Å². The van der Waals surface area contributed by atoms with Crippen LogP contribution in [0.15, 0.2) is 22.7 Å². The molecule has 0 heterocycles. The molecule has 1 rings (SSSR count). The normalized spacial score (nSPS) is 12.5. The van der Waals surface area contributed by atoms with E-state index in [0.29, 0.717) is 18.2 Å². The topological polar surface area (TPSA) is 38.8 Å². The van der Waals surface area contributed by atoms with Crippen molar-refractivity contribution in [2.45, 2.75) is 19.5 Å². The summed E-state index contributed by atoms with van der Waals surface area (Å²) in [6.45, 7) is 3.58. The fraction of sp³-hybridized carbons (Fsp3) is 0.500. The SMILES string of the molecule is COCC(C)N(C)Cc1ccc(C(=O)OC)cc1Br. The van der Waals surface area contributed by atoms with Crippen molar-refractivity contribution in [1.29, 1.82) is 0 Å². The van der Waals surface area contributed by atoms with Crippen LogP contribution in [0.3, 0.4) is 0 Å². The maximum absolute atomic E-state index is 11.4. The van der Waals surface area contributed by atoms with Crippen LogP contribution >= 0.6 is 15.9 Å². The Bertz CT molecular complexity index is 437. The molecule has 0 aliphatic rings. The van der Waals surface area contributed by atoms with Gasteiger partial charge in [-0.15, -0.1) is 0 Å². The monoisotopic (exact) mass is 329 g/mol. The van der Waals surface area contributed by atoms with Gasteiger partial charge in [0.15, 0.2) is 0 Å². The molecule has 1 aromatic carbocycles. The van der Waals surface area contributed by atoms with Gasteiger partial charge in [0, 0.05) is 24.2 Å². The molecule has 0 radical (unpaired) electrons. The van der Waals surface area contributed by atoms with Gasteiger partial charge in [0.25, 0.3) is 0 Å². The van der Waals surface area contributed by atoms with E-state index in [1.54, 1.807) is 19.2 Å². The highest BCUT2D eigenvalue weighted by Gasteiger charge is 2.13. The molecule has 0 saturated carbocycles. The van der Waals surface area contributed by atoms with Crippen LogP contribution < -0.4 is 0 Å². The minimum atomic E-state index is -0.326. The molecule has 0 amide bonds. The minimum Gasteiger partial charge on any atom is -0.465 e. The lowest BCUT2D eigenvalue weighted by atomic mass is 10.1. The molecule has 0 fully saturated rings. The molecule has 0 spiro atoms. The van der Waals surface area contributed by atoms with Gasteiger partial charge in [0.2, 0.25) is 0 Å². The van der Waals surface area contributed by atoms with E-state index in [1.165, 1.54) is 7.11 Å². The summed E-state index contributed by atoms with van der Waals surface area (Å²) >= 11 is 3.50. The van der Waals surface area contributed by atoms with Crippen molar-refractivity contribution in [3.05, 3.63) is 33.8 Å². The van der Waals surface area contributed by atoms with E-state index in [0.717, 1.165) is 16.6 Å². The van der Waals surface area contributed by atoms with E-state index >= 15 is 0 Å². The molecule has 19 heavy (non-hydrogen) atoms. The Morgan fingerprint density at radius 2 is 2.11 bits per heavy atom. The summed E-state index contributed by atoms with van der Waals surface area (Å²) in [5.74, 6) is -0.326. The Balaban J connectivity index is 2.77. The first-order chi connectivity index (χ1) is 8.99. The first-order valence-corrected chi connectivity index (χ1v) is 6.84. The Hall–Kier alpha value is -0.910. The lowest BCUT2D eigenvalue weighted by molar-refractivity contribution is 0.0600. The zero-order valence-electron chi connectivity index (χ0n) is 11.8. The third-order valence-electron chi connectivity index (χ3n) is 3.05. The third kappa shape index (κ3) is 4.60. The molecular weight excluding hydrogens is 310 g/mol. The molecule has 106 valence electrons. The number of ether oxygens (including phenoxy) is 2. The highest BCUT2D eigenvalue weighted by atomic mass is 79.9. The molecule has 0 saturated heterocycles. The molecular formula is C14H20BrNO3. The van der Waals surface area contributed by atoms with E-state index < -0.39 is 0 Å². The lowest BCUT2D eigenvalue weighted by Gasteiger charge is -2.24. The van der Waals surface area contributed by atoms with Crippen LogP contribution in [0.5, 0.6) is 0 Å². The number of carbonyl (C=O) groups excluding carboxylic acids is 1. The smallest absolute Gasteiger partial charge is 0.337 e. The van der Waals surface area contributed by atoms with E-state index in [-0.39, 0.29) is 5.97 Å². The average Bonchev–Trinajstić information content (AvgIpc) is 2.40. The van der Waals surface area contributed by atoms with E-state index in [9.17, 15) is 4.79 Å². The van der Waals surface area contributed by atoms with Crippen molar-refractivity contribution in [1.82, 2.24) is 4.90 Å². The molecule has 0 N–H and O–H groups in total. The summed E-state index contributed by atoms with van der Waals surface area (Å²) in [4.78, 5) is 13.6. The van der Waals surface area contributed by atoms with Gasteiger partial charge in [-0.25, -0.2) is 4.79 Å². The van der Waals surface area contributed by atoms with Crippen LogP contribution in [0.1, 0.15) is 22.8 Å². The van der Waals surface area contributed by atoms with E-state index in [2.05, 4.69) is 27.8 Å². The predicted octanol–water partition coefficient (Wildman–Crippen LogP) is 2.70. The van der Waals surface area contributed by atoms with Crippen molar-refractivity contribution in [2.75, 3.05) is 27.9 Å². The molecule has 1 atom stereocenters. The summed E-state index contributed by atoms with van der Waals surface area (Å²) in [6, 6.07) is 5.83. The van der Waals surface area contributed by atoms with Gasteiger partial charge in [-0.05, 0) is 31.7 Å². The summed E-state index contributed by atoms with van der Waals surface area (Å²) in [5.41, 5.74) is 1.67. The fourth-order valence-corrected chi connectivity index (χ4v) is 2.22. The average molecular weight is 330 g/mol. The fourth-order valence-electron chi connectivity index (χ4n) is 1.71. The number of esters is 1.